The van der Waals surface area contributed by atoms with Gasteiger partial charge in [-0.15, -0.1) is 0 Å². The summed E-state index contributed by atoms with van der Waals surface area (Å²) < 4.78 is 46.4. The molecule has 78 valence electrons. The zero-order valence-electron chi connectivity index (χ0n) is 6.62. The van der Waals surface area contributed by atoms with Gasteiger partial charge < -0.3 is 5.73 Å². The molecule has 14 heavy (non-hydrogen) atoms. The van der Waals surface area contributed by atoms with Gasteiger partial charge in [-0.2, -0.15) is 0 Å². The van der Waals surface area contributed by atoms with Crippen LogP contribution >= 0.6 is 10.7 Å². The van der Waals surface area contributed by atoms with Crippen LogP contribution < -0.4 is 5.73 Å². The van der Waals surface area contributed by atoms with E-state index in [0.717, 1.165) is 12.3 Å². The summed E-state index contributed by atoms with van der Waals surface area (Å²) in [5.74, 6) is 0. The van der Waals surface area contributed by atoms with Crippen LogP contribution in [-0.2, 0) is 9.05 Å². The number of anilines is 1. The smallest absolute Gasteiger partial charge is 0.279 e. The zero-order valence-corrected chi connectivity index (χ0v) is 8.19. The molecule has 1 heterocycles. The Balaban J connectivity index is 3.52. The van der Waals surface area contributed by atoms with Gasteiger partial charge >= 0.3 is 0 Å². The third-order valence-corrected chi connectivity index (χ3v) is 2.66. The molecule has 2 N–H and O–H groups in total. The third kappa shape index (κ3) is 2.10. The van der Waals surface area contributed by atoms with Crippen LogP contribution in [0.1, 0.15) is 12.0 Å². The average Bonchev–Trinajstić information content (AvgIpc) is 2.01. The molecule has 0 aromatic carbocycles. The lowest BCUT2D eigenvalue weighted by Crippen LogP contribution is -2.05. The van der Waals surface area contributed by atoms with Crippen molar-refractivity contribution in [2.24, 2.45) is 0 Å². The minimum atomic E-state index is -4.30. The maximum absolute atomic E-state index is 12.4. The highest BCUT2D eigenvalue weighted by molar-refractivity contribution is 8.13. The van der Waals surface area contributed by atoms with Crippen LogP contribution in [0.4, 0.5) is 14.5 Å². The number of pyridine rings is 1. The summed E-state index contributed by atoms with van der Waals surface area (Å²) in [5.41, 5.74) is 3.96. The summed E-state index contributed by atoms with van der Waals surface area (Å²) in [6.45, 7) is 0. The van der Waals surface area contributed by atoms with Crippen LogP contribution in [0.25, 0.3) is 0 Å². The second-order valence-electron chi connectivity index (χ2n) is 2.36. The summed E-state index contributed by atoms with van der Waals surface area (Å²) in [4.78, 5) is 3.25. The van der Waals surface area contributed by atoms with Gasteiger partial charge in [0, 0.05) is 22.6 Å². The van der Waals surface area contributed by atoms with Gasteiger partial charge in [-0.1, -0.05) is 0 Å². The molecule has 0 radical (unpaired) electrons. The number of halogens is 3. The number of alkyl halides is 2. The highest BCUT2D eigenvalue weighted by atomic mass is 35.7. The number of aromatic nitrogens is 1. The second kappa shape index (κ2) is 3.66. The lowest BCUT2D eigenvalue weighted by molar-refractivity contribution is 0.148. The van der Waals surface area contributed by atoms with Crippen molar-refractivity contribution in [2.75, 3.05) is 5.73 Å². The molecule has 0 saturated carbocycles. The van der Waals surface area contributed by atoms with E-state index in [4.69, 9.17) is 16.4 Å². The van der Waals surface area contributed by atoms with Crippen molar-refractivity contribution in [1.82, 2.24) is 4.98 Å². The van der Waals surface area contributed by atoms with Crippen molar-refractivity contribution < 1.29 is 17.2 Å². The van der Waals surface area contributed by atoms with E-state index in [2.05, 4.69) is 4.98 Å². The van der Waals surface area contributed by atoms with E-state index in [1.54, 1.807) is 0 Å². The Labute approximate surface area is 83.1 Å². The van der Waals surface area contributed by atoms with E-state index in [1.165, 1.54) is 0 Å². The van der Waals surface area contributed by atoms with Crippen molar-refractivity contribution in [3.05, 3.63) is 17.8 Å². The van der Waals surface area contributed by atoms with Crippen LogP contribution in [0.3, 0.4) is 0 Å². The first-order valence-electron chi connectivity index (χ1n) is 3.31. The Morgan fingerprint density at radius 2 is 2.07 bits per heavy atom. The Kier molecular flexibility index (Phi) is 2.91. The molecule has 0 aliphatic carbocycles. The zero-order chi connectivity index (χ0) is 10.9. The van der Waals surface area contributed by atoms with Gasteiger partial charge in [-0.05, 0) is 6.07 Å². The van der Waals surface area contributed by atoms with E-state index >= 15 is 0 Å². The molecule has 0 spiro atoms. The van der Waals surface area contributed by atoms with Crippen molar-refractivity contribution in [3.8, 4) is 0 Å². The molecule has 0 saturated heterocycles. The van der Waals surface area contributed by atoms with Gasteiger partial charge in [0.25, 0.3) is 15.5 Å². The van der Waals surface area contributed by atoms with Crippen LogP contribution in [-0.4, -0.2) is 13.4 Å². The minimum Gasteiger partial charge on any atom is -0.398 e. The number of hydrogen-bond acceptors (Lipinski definition) is 4. The lowest BCUT2D eigenvalue weighted by atomic mass is 10.2. The van der Waals surface area contributed by atoms with Crippen molar-refractivity contribution >= 4 is 25.4 Å². The second-order valence-corrected chi connectivity index (χ2v) is 4.84. The predicted molar refractivity (Wildman–Crippen MR) is 46.6 cm³/mol. The fourth-order valence-electron chi connectivity index (χ4n) is 0.882. The predicted octanol–water partition coefficient (Wildman–Crippen LogP) is 1.53. The molecular weight excluding hydrogens is 238 g/mol. The summed E-state index contributed by atoms with van der Waals surface area (Å²) >= 11 is 0. The van der Waals surface area contributed by atoms with Crippen LogP contribution in [0.15, 0.2) is 17.3 Å². The monoisotopic (exact) mass is 242 g/mol. The molecule has 1 rings (SSSR count). The molecule has 1 aromatic rings. The standard InChI is InChI=1S/C6H5ClF2N2O2S/c7-14(12,13)6-4(5(8)9)3(10)1-2-11-6/h1-2,5H,(H2,10,11). The lowest BCUT2D eigenvalue weighted by Gasteiger charge is -2.06. The third-order valence-electron chi connectivity index (χ3n) is 1.44. The van der Waals surface area contributed by atoms with E-state index in [-0.39, 0.29) is 5.69 Å². The Morgan fingerprint density at radius 1 is 1.50 bits per heavy atom. The van der Waals surface area contributed by atoms with Gasteiger partial charge in [0.05, 0.1) is 5.56 Å². The van der Waals surface area contributed by atoms with E-state index in [0.29, 0.717) is 0 Å². The maximum Gasteiger partial charge on any atom is 0.279 e. The first kappa shape index (κ1) is 11.1. The van der Waals surface area contributed by atoms with Crippen LogP contribution in [0.5, 0.6) is 0 Å². The van der Waals surface area contributed by atoms with Crippen molar-refractivity contribution in [3.63, 3.8) is 0 Å². The normalized spacial score (nSPS) is 12.0. The van der Waals surface area contributed by atoms with Crippen molar-refractivity contribution in [1.29, 1.82) is 0 Å². The average molecular weight is 243 g/mol. The molecule has 0 bridgehead atoms. The number of rotatable bonds is 2. The van der Waals surface area contributed by atoms with Gasteiger partial charge in [0.2, 0.25) is 0 Å². The van der Waals surface area contributed by atoms with E-state index in [1.807, 2.05) is 0 Å². The Hall–Kier alpha value is -0.950. The van der Waals surface area contributed by atoms with E-state index in [9.17, 15) is 17.2 Å². The molecule has 0 atom stereocenters. The minimum absolute atomic E-state index is 0.353. The first-order valence-corrected chi connectivity index (χ1v) is 5.62. The van der Waals surface area contributed by atoms with Crippen LogP contribution in [0.2, 0.25) is 0 Å². The molecule has 4 nitrogen and oxygen atoms in total. The molecule has 0 fully saturated rings. The molecular formula is C6H5ClF2N2O2S. The summed E-state index contributed by atoms with van der Waals surface area (Å²) in [7, 11) is 0.601. The quantitative estimate of drug-likeness (QED) is 0.798. The summed E-state index contributed by atoms with van der Waals surface area (Å²) in [6.07, 6.45) is -2.04. The topological polar surface area (TPSA) is 73.0 Å². The summed E-state index contributed by atoms with van der Waals surface area (Å²) in [6, 6.07) is 1.08. The van der Waals surface area contributed by atoms with Gasteiger partial charge in [-0.3, -0.25) is 0 Å². The SMILES string of the molecule is Nc1ccnc(S(=O)(=O)Cl)c1C(F)F. The van der Waals surface area contributed by atoms with E-state index < -0.39 is 26.1 Å². The van der Waals surface area contributed by atoms with Crippen LogP contribution in [0, 0.1) is 0 Å². The number of nitrogen functional groups attached to an aromatic ring is 1. The molecule has 0 aliphatic heterocycles. The van der Waals surface area contributed by atoms with Crippen molar-refractivity contribution in [2.45, 2.75) is 11.5 Å². The first-order chi connectivity index (χ1) is 6.34. The highest BCUT2D eigenvalue weighted by Gasteiger charge is 2.25. The molecule has 0 aliphatic rings. The molecule has 0 unspecified atom stereocenters. The maximum atomic E-state index is 12.4. The Bertz CT molecular complexity index is 449. The fraction of sp³-hybridized carbons (Fsp3) is 0.167. The van der Waals surface area contributed by atoms with Gasteiger partial charge in [0.1, 0.15) is 0 Å². The highest BCUT2D eigenvalue weighted by Crippen LogP contribution is 2.31. The number of hydrogen-bond donors (Lipinski definition) is 1. The number of nitrogens with zero attached hydrogens (tertiary/aromatic N) is 1. The number of nitrogens with two attached hydrogens (primary N) is 1. The Morgan fingerprint density at radius 3 is 2.43 bits per heavy atom. The van der Waals surface area contributed by atoms with Gasteiger partial charge in [0.15, 0.2) is 5.03 Å². The largest absolute Gasteiger partial charge is 0.398 e. The molecule has 0 amide bonds. The molecule has 1 aromatic heterocycles. The molecule has 8 heteroatoms. The summed E-state index contributed by atoms with van der Waals surface area (Å²) in [5, 5.41) is -0.894. The fourth-order valence-corrected chi connectivity index (χ4v) is 1.91. The van der Waals surface area contributed by atoms with Gasteiger partial charge in [-0.25, -0.2) is 22.2 Å².